The zero-order valence-corrected chi connectivity index (χ0v) is 13.5. The van der Waals surface area contributed by atoms with Crippen LogP contribution in [0.5, 0.6) is 0 Å². The van der Waals surface area contributed by atoms with Gasteiger partial charge in [0.2, 0.25) is 0 Å². The van der Waals surface area contributed by atoms with E-state index in [0.29, 0.717) is 6.61 Å². The number of aliphatic hydroxyl groups is 3. The molecule has 0 aromatic heterocycles. The van der Waals surface area contributed by atoms with Gasteiger partial charge < -0.3 is 24.8 Å². The Labute approximate surface area is 135 Å². The molecule has 124 valence electrons. The van der Waals surface area contributed by atoms with Crippen LogP contribution in [0, 0.1) is 0 Å². The molecule has 0 radical (unpaired) electrons. The summed E-state index contributed by atoms with van der Waals surface area (Å²) in [5.74, 6) is 0. The molecule has 1 aromatic rings. The molecule has 6 heteroatoms. The third-order valence-electron chi connectivity index (χ3n) is 3.63. The van der Waals surface area contributed by atoms with E-state index in [0.717, 1.165) is 17.7 Å². The molecule has 22 heavy (non-hydrogen) atoms. The van der Waals surface area contributed by atoms with Crippen molar-refractivity contribution in [2.75, 3.05) is 13.2 Å². The fourth-order valence-electron chi connectivity index (χ4n) is 2.34. The monoisotopic (exact) mass is 328 g/mol. The van der Waals surface area contributed by atoms with Gasteiger partial charge in [0, 0.05) is 11.5 Å². The molecule has 1 aliphatic rings. The van der Waals surface area contributed by atoms with Crippen LogP contribution >= 0.6 is 11.8 Å². The van der Waals surface area contributed by atoms with Crippen molar-refractivity contribution >= 4 is 11.8 Å². The van der Waals surface area contributed by atoms with Crippen LogP contribution in [0.15, 0.2) is 35.2 Å². The second-order valence-corrected chi connectivity index (χ2v) is 6.50. The second kappa shape index (κ2) is 8.86. The number of ether oxygens (including phenoxy) is 2. The van der Waals surface area contributed by atoms with Gasteiger partial charge in [0.05, 0.1) is 6.61 Å². The Hall–Kier alpha value is -0.630. The van der Waals surface area contributed by atoms with Crippen molar-refractivity contribution in [1.82, 2.24) is 0 Å². The van der Waals surface area contributed by atoms with E-state index in [1.165, 1.54) is 11.8 Å². The van der Waals surface area contributed by atoms with Gasteiger partial charge in [-0.3, -0.25) is 0 Å². The van der Waals surface area contributed by atoms with Crippen LogP contribution in [0.1, 0.15) is 19.8 Å². The standard InChI is InChI=1S/C16H24O5S/c1-2-3-9-20-15-13(18)12(10-17)21-16(14(15)19)22-11-7-5-4-6-8-11/h4-8,12-19H,2-3,9-10H2,1H3/t12?,13-,14?,15?,16-/m0/s1. The van der Waals surface area contributed by atoms with Crippen LogP contribution in [0.25, 0.3) is 0 Å². The summed E-state index contributed by atoms with van der Waals surface area (Å²) in [6.07, 6.45) is -1.67. The van der Waals surface area contributed by atoms with E-state index in [4.69, 9.17) is 9.47 Å². The summed E-state index contributed by atoms with van der Waals surface area (Å²) in [6, 6.07) is 9.58. The highest BCUT2D eigenvalue weighted by molar-refractivity contribution is 7.99. The third-order valence-corrected chi connectivity index (χ3v) is 4.79. The normalized spacial score (nSPS) is 32.1. The average molecular weight is 328 g/mol. The van der Waals surface area contributed by atoms with Crippen molar-refractivity contribution in [1.29, 1.82) is 0 Å². The van der Waals surface area contributed by atoms with E-state index in [2.05, 4.69) is 0 Å². The molecule has 3 N–H and O–H groups in total. The van der Waals surface area contributed by atoms with E-state index in [9.17, 15) is 15.3 Å². The fourth-order valence-corrected chi connectivity index (χ4v) is 3.42. The van der Waals surface area contributed by atoms with Gasteiger partial charge >= 0.3 is 0 Å². The van der Waals surface area contributed by atoms with Crippen LogP contribution in [-0.4, -0.2) is 58.4 Å². The Balaban J connectivity index is 2.05. The van der Waals surface area contributed by atoms with E-state index in [1.807, 2.05) is 37.3 Å². The maximum atomic E-state index is 10.5. The first-order valence-electron chi connectivity index (χ1n) is 7.63. The predicted molar refractivity (Wildman–Crippen MR) is 84.7 cm³/mol. The summed E-state index contributed by atoms with van der Waals surface area (Å²) < 4.78 is 11.3. The molecule has 0 saturated carbocycles. The highest BCUT2D eigenvalue weighted by atomic mass is 32.2. The molecular weight excluding hydrogens is 304 g/mol. The van der Waals surface area contributed by atoms with Crippen molar-refractivity contribution in [3.05, 3.63) is 30.3 Å². The number of unbranched alkanes of at least 4 members (excludes halogenated alkanes) is 1. The van der Waals surface area contributed by atoms with Gasteiger partial charge in [-0.25, -0.2) is 0 Å². The maximum absolute atomic E-state index is 10.5. The van der Waals surface area contributed by atoms with E-state index < -0.39 is 29.9 Å². The largest absolute Gasteiger partial charge is 0.394 e. The lowest BCUT2D eigenvalue weighted by atomic mass is 10.00. The Kier molecular flexibility index (Phi) is 7.14. The molecule has 3 unspecified atom stereocenters. The van der Waals surface area contributed by atoms with Crippen LogP contribution < -0.4 is 0 Å². The van der Waals surface area contributed by atoms with Crippen molar-refractivity contribution in [2.24, 2.45) is 0 Å². The Morgan fingerprint density at radius 3 is 2.55 bits per heavy atom. The Morgan fingerprint density at radius 2 is 1.91 bits per heavy atom. The van der Waals surface area contributed by atoms with Gasteiger partial charge in [0.15, 0.2) is 0 Å². The van der Waals surface area contributed by atoms with E-state index >= 15 is 0 Å². The SMILES string of the molecule is CCCCOC1C(O)[C@H](Sc2ccccc2)OC(CO)[C@@H]1O. The van der Waals surface area contributed by atoms with Gasteiger partial charge in [0.1, 0.15) is 29.9 Å². The zero-order valence-electron chi connectivity index (χ0n) is 12.7. The summed E-state index contributed by atoms with van der Waals surface area (Å²) in [6.45, 7) is 2.20. The highest BCUT2D eigenvalue weighted by Gasteiger charge is 2.45. The van der Waals surface area contributed by atoms with Crippen molar-refractivity contribution < 1.29 is 24.8 Å². The van der Waals surface area contributed by atoms with Crippen molar-refractivity contribution in [2.45, 2.75) is 54.5 Å². The molecule has 2 rings (SSSR count). The van der Waals surface area contributed by atoms with Crippen LogP contribution in [0.3, 0.4) is 0 Å². The number of rotatable bonds is 7. The zero-order chi connectivity index (χ0) is 15.9. The molecule has 0 spiro atoms. The smallest absolute Gasteiger partial charge is 0.136 e. The summed E-state index contributed by atoms with van der Waals surface area (Å²) in [4.78, 5) is 0.951. The second-order valence-electron chi connectivity index (χ2n) is 5.33. The molecule has 0 bridgehead atoms. The summed E-state index contributed by atoms with van der Waals surface area (Å²) in [5, 5.41) is 30.1. The molecule has 5 atom stereocenters. The number of hydrogen-bond donors (Lipinski definition) is 3. The Bertz CT molecular complexity index is 430. The molecule has 1 heterocycles. The van der Waals surface area contributed by atoms with E-state index in [-0.39, 0.29) is 6.61 Å². The van der Waals surface area contributed by atoms with Crippen molar-refractivity contribution in [3.8, 4) is 0 Å². The minimum atomic E-state index is -1.04. The first kappa shape index (κ1) is 17.7. The first-order chi connectivity index (χ1) is 10.7. The quantitative estimate of drug-likeness (QED) is 0.657. The lowest BCUT2D eigenvalue weighted by Crippen LogP contribution is -2.58. The van der Waals surface area contributed by atoms with Crippen molar-refractivity contribution in [3.63, 3.8) is 0 Å². The lowest BCUT2D eigenvalue weighted by molar-refractivity contribution is -0.220. The summed E-state index contributed by atoms with van der Waals surface area (Å²) in [7, 11) is 0. The van der Waals surface area contributed by atoms with Gasteiger partial charge in [-0.1, -0.05) is 43.3 Å². The van der Waals surface area contributed by atoms with Gasteiger partial charge in [-0.05, 0) is 18.6 Å². The fraction of sp³-hybridized carbons (Fsp3) is 0.625. The minimum Gasteiger partial charge on any atom is -0.394 e. The number of aliphatic hydroxyl groups excluding tert-OH is 3. The highest BCUT2D eigenvalue weighted by Crippen LogP contribution is 2.34. The molecular formula is C16H24O5S. The maximum Gasteiger partial charge on any atom is 0.136 e. The molecule has 1 aromatic carbocycles. The van der Waals surface area contributed by atoms with Gasteiger partial charge in [-0.2, -0.15) is 0 Å². The average Bonchev–Trinajstić information content (AvgIpc) is 2.54. The Morgan fingerprint density at radius 1 is 1.18 bits per heavy atom. The van der Waals surface area contributed by atoms with Gasteiger partial charge in [-0.15, -0.1) is 0 Å². The van der Waals surface area contributed by atoms with Crippen LogP contribution in [0.4, 0.5) is 0 Å². The first-order valence-corrected chi connectivity index (χ1v) is 8.51. The molecule has 0 aliphatic carbocycles. The molecule has 0 amide bonds. The van der Waals surface area contributed by atoms with Gasteiger partial charge in [0.25, 0.3) is 0 Å². The number of hydrogen-bond acceptors (Lipinski definition) is 6. The van der Waals surface area contributed by atoms with Crippen LogP contribution in [-0.2, 0) is 9.47 Å². The topological polar surface area (TPSA) is 79.2 Å². The summed E-state index contributed by atoms with van der Waals surface area (Å²) >= 11 is 1.36. The number of benzene rings is 1. The third kappa shape index (κ3) is 4.44. The molecule has 1 saturated heterocycles. The molecule has 5 nitrogen and oxygen atoms in total. The molecule has 1 fully saturated rings. The van der Waals surface area contributed by atoms with E-state index in [1.54, 1.807) is 0 Å². The number of thioether (sulfide) groups is 1. The molecule has 1 aliphatic heterocycles. The predicted octanol–water partition coefficient (Wildman–Crippen LogP) is 1.40. The minimum absolute atomic E-state index is 0.312. The van der Waals surface area contributed by atoms with Crippen LogP contribution in [0.2, 0.25) is 0 Å². The lowest BCUT2D eigenvalue weighted by Gasteiger charge is -2.41. The summed E-state index contributed by atoms with van der Waals surface area (Å²) in [5.41, 5.74) is -0.588.